The van der Waals surface area contributed by atoms with E-state index < -0.39 is 15.9 Å². The van der Waals surface area contributed by atoms with Gasteiger partial charge in [0, 0.05) is 16.4 Å². The first-order valence-corrected chi connectivity index (χ1v) is 11.5. The number of hydrogen-bond donors (Lipinski definition) is 2. The van der Waals surface area contributed by atoms with Crippen molar-refractivity contribution in [2.75, 3.05) is 16.6 Å². The molecule has 0 saturated carbocycles. The van der Waals surface area contributed by atoms with Crippen molar-refractivity contribution in [2.24, 2.45) is 0 Å². The molecule has 2 N–H and O–H groups in total. The van der Waals surface area contributed by atoms with Crippen molar-refractivity contribution in [1.29, 1.82) is 0 Å². The molecule has 0 aliphatic rings. The fraction of sp³-hybridized carbons (Fsp3) is 0.136. The number of amides is 1. The predicted molar refractivity (Wildman–Crippen MR) is 124 cm³/mol. The first-order chi connectivity index (χ1) is 14.6. The number of anilines is 2. The lowest BCUT2D eigenvalue weighted by Crippen LogP contribution is -2.20. The Hall–Kier alpha value is -2.74. The smallest absolute Gasteiger partial charge is 0.262 e. The number of aryl methyl sites for hydroxylation is 2. The monoisotopic (exact) mass is 478 g/mol. The molecule has 9 heteroatoms. The lowest BCUT2D eigenvalue weighted by Gasteiger charge is -2.11. The third kappa shape index (κ3) is 6.13. The van der Waals surface area contributed by atoms with E-state index in [4.69, 9.17) is 27.9 Å². The van der Waals surface area contributed by atoms with Crippen molar-refractivity contribution in [1.82, 2.24) is 0 Å². The Morgan fingerprint density at radius 2 is 1.58 bits per heavy atom. The van der Waals surface area contributed by atoms with E-state index in [9.17, 15) is 13.2 Å². The highest BCUT2D eigenvalue weighted by Gasteiger charge is 2.15. The molecule has 0 spiro atoms. The zero-order valence-electron chi connectivity index (χ0n) is 16.8. The first-order valence-electron chi connectivity index (χ1n) is 9.22. The van der Waals surface area contributed by atoms with Crippen LogP contribution in [0.1, 0.15) is 11.1 Å². The molecule has 0 aromatic heterocycles. The summed E-state index contributed by atoms with van der Waals surface area (Å²) in [5.41, 5.74) is 2.98. The number of ether oxygens (including phenoxy) is 1. The number of nitrogens with one attached hydrogen (secondary N) is 2. The van der Waals surface area contributed by atoms with Gasteiger partial charge in [0.25, 0.3) is 15.9 Å². The maximum Gasteiger partial charge on any atom is 0.262 e. The van der Waals surface area contributed by atoms with Crippen LogP contribution in [0.15, 0.2) is 65.6 Å². The van der Waals surface area contributed by atoms with Gasteiger partial charge in [-0.25, -0.2) is 8.42 Å². The molecule has 31 heavy (non-hydrogen) atoms. The van der Waals surface area contributed by atoms with Crippen LogP contribution in [0.3, 0.4) is 0 Å². The molecule has 0 aliphatic carbocycles. The molecule has 6 nitrogen and oxygen atoms in total. The van der Waals surface area contributed by atoms with Gasteiger partial charge in [0.2, 0.25) is 0 Å². The standard InChI is InChI=1S/C22H20Cl2N2O4S/c1-14-3-5-18(11-15(14)2)26-31(28,29)19-8-6-17(7-9-19)25-22(27)13-30-21-10-4-16(23)12-20(21)24/h3-12,26H,13H2,1-2H3,(H,25,27). The highest BCUT2D eigenvalue weighted by atomic mass is 35.5. The van der Waals surface area contributed by atoms with Crippen LogP contribution in [0.4, 0.5) is 11.4 Å². The maximum atomic E-state index is 12.6. The van der Waals surface area contributed by atoms with E-state index in [0.717, 1.165) is 11.1 Å². The van der Waals surface area contributed by atoms with Crippen LogP contribution in [0, 0.1) is 13.8 Å². The average molecular weight is 479 g/mol. The summed E-state index contributed by atoms with van der Waals surface area (Å²) in [5.74, 6) is -0.0880. The summed E-state index contributed by atoms with van der Waals surface area (Å²) >= 11 is 11.8. The molecule has 0 saturated heterocycles. The maximum absolute atomic E-state index is 12.6. The Kier molecular flexibility index (Phi) is 7.10. The lowest BCUT2D eigenvalue weighted by molar-refractivity contribution is -0.118. The number of benzene rings is 3. The summed E-state index contributed by atoms with van der Waals surface area (Å²) in [4.78, 5) is 12.2. The predicted octanol–water partition coefficient (Wildman–Crippen LogP) is 5.43. The number of carbonyl (C=O) groups excluding carboxylic acids is 1. The van der Waals surface area contributed by atoms with Crippen LogP contribution >= 0.6 is 23.2 Å². The Morgan fingerprint density at radius 3 is 2.23 bits per heavy atom. The Morgan fingerprint density at radius 1 is 0.903 bits per heavy atom. The molecule has 0 heterocycles. The molecule has 0 radical (unpaired) electrons. The Bertz CT molecular complexity index is 1210. The molecule has 3 aromatic rings. The number of rotatable bonds is 7. The number of sulfonamides is 1. The fourth-order valence-corrected chi connectivity index (χ4v) is 4.18. The molecule has 0 aliphatic heterocycles. The minimum Gasteiger partial charge on any atom is -0.482 e. The van der Waals surface area contributed by atoms with E-state index in [2.05, 4.69) is 10.0 Å². The van der Waals surface area contributed by atoms with Crippen LogP contribution in [0.2, 0.25) is 10.0 Å². The van der Waals surface area contributed by atoms with Crippen molar-refractivity contribution >= 4 is 50.5 Å². The Labute approximate surface area is 191 Å². The molecule has 0 bridgehead atoms. The SMILES string of the molecule is Cc1ccc(NS(=O)(=O)c2ccc(NC(=O)COc3ccc(Cl)cc3Cl)cc2)cc1C. The molecule has 162 valence electrons. The van der Waals surface area contributed by atoms with Crippen molar-refractivity contribution in [3.63, 3.8) is 0 Å². The normalized spacial score (nSPS) is 11.1. The van der Waals surface area contributed by atoms with Gasteiger partial charge in [0.05, 0.1) is 9.92 Å². The van der Waals surface area contributed by atoms with Gasteiger partial charge < -0.3 is 10.1 Å². The summed E-state index contributed by atoms with van der Waals surface area (Å²) in [7, 11) is -3.76. The summed E-state index contributed by atoms with van der Waals surface area (Å²) in [6.45, 7) is 3.60. The van der Waals surface area contributed by atoms with Crippen molar-refractivity contribution < 1.29 is 17.9 Å². The van der Waals surface area contributed by atoms with E-state index in [1.165, 1.54) is 30.3 Å². The van der Waals surface area contributed by atoms with Gasteiger partial charge in [-0.3, -0.25) is 9.52 Å². The van der Waals surface area contributed by atoms with Crippen LogP contribution in [-0.2, 0) is 14.8 Å². The first kappa shape index (κ1) is 22.9. The van der Waals surface area contributed by atoms with Crippen molar-refractivity contribution in [3.8, 4) is 5.75 Å². The van der Waals surface area contributed by atoms with Gasteiger partial charge in [-0.05, 0) is 79.6 Å². The van der Waals surface area contributed by atoms with Gasteiger partial charge >= 0.3 is 0 Å². The van der Waals surface area contributed by atoms with Gasteiger partial charge in [-0.2, -0.15) is 0 Å². The van der Waals surface area contributed by atoms with Crippen LogP contribution in [0.25, 0.3) is 0 Å². The highest BCUT2D eigenvalue weighted by molar-refractivity contribution is 7.92. The fourth-order valence-electron chi connectivity index (χ4n) is 2.67. The molecule has 1 amide bonds. The third-order valence-electron chi connectivity index (χ3n) is 4.46. The summed E-state index contributed by atoms with van der Waals surface area (Å²) < 4.78 is 33.1. The highest BCUT2D eigenvalue weighted by Crippen LogP contribution is 2.27. The van der Waals surface area contributed by atoms with Crippen LogP contribution < -0.4 is 14.8 Å². The second-order valence-corrected chi connectivity index (χ2v) is 9.37. The minimum absolute atomic E-state index is 0.0768. The van der Waals surface area contributed by atoms with Crippen LogP contribution in [-0.4, -0.2) is 20.9 Å². The number of carbonyl (C=O) groups is 1. The van der Waals surface area contributed by atoms with E-state index in [0.29, 0.717) is 27.2 Å². The van der Waals surface area contributed by atoms with Gasteiger partial charge in [-0.1, -0.05) is 29.3 Å². The lowest BCUT2D eigenvalue weighted by atomic mass is 10.1. The number of halogens is 2. The summed E-state index contributed by atoms with van der Waals surface area (Å²) in [6, 6.07) is 15.9. The van der Waals surface area contributed by atoms with E-state index in [-0.39, 0.29) is 11.5 Å². The average Bonchev–Trinajstić information content (AvgIpc) is 2.70. The molecule has 3 aromatic carbocycles. The summed E-state index contributed by atoms with van der Waals surface area (Å²) in [6.07, 6.45) is 0. The zero-order valence-corrected chi connectivity index (χ0v) is 19.1. The largest absolute Gasteiger partial charge is 0.482 e. The van der Waals surface area contributed by atoms with E-state index >= 15 is 0 Å². The van der Waals surface area contributed by atoms with E-state index in [1.807, 2.05) is 19.9 Å². The van der Waals surface area contributed by atoms with Gasteiger partial charge in [-0.15, -0.1) is 0 Å². The second kappa shape index (κ2) is 9.60. The van der Waals surface area contributed by atoms with Gasteiger partial charge in [0.15, 0.2) is 6.61 Å². The third-order valence-corrected chi connectivity index (χ3v) is 6.39. The van der Waals surface area contributed by atoms with Crippen molar-refractivity contribution in [2.45, 2.75) is 18.7 Å². The van der Waals surface area contributed by atoms with E-state index in [1.54, 1.807) is 24.3 Å². The molecular formula is C22H20Cl2N2O4S. The quantitative estimate of drug-likeness (QED) is 0.474. The van der Waals surface area contributed by atoms with Crippen LogP contribution in [0.5, 0.6) is 5.75 Å². The van der Waals surface area contributed by atoms with Gasteiger partial charge in [0.1, 0.15) is 5.75 Å². The second-order valence-electron chi connectivity index (χ2n) is 6.84. The Balaban J connectivity index is 1.61. The molecule has 3 rings (SSSR count). The number of hydrogen-bond acceptors (Lipinski definition) is 4. The molecular weight excluding hydrogens is 459 g/mol. The van der Waals surface area contributed by atoms with Crippen molar-refractivity contribution in [3.05, 3.63) is 81.8 Å². The topological polar surface area (TPSA) is 84.5 Å². The molecule has 0 unspecified atom stereocenters. The molecule has 0 atom stereocenters. The zero-order chi connectivity index (χ0) is 22.6. The molecule has 0 fully saturated rings. The minimum atomic E-state index is -3.76. The summed E-state index contributed by atoms with van der Waals surface area (Å²) in [5, 5.41) is 3.40.